The zero-order valence-electron chi connectivity index (χ0n) is 11.9. The van der Waals surface area contributed by atoms with Crippen molar-refractivity contribution in [1.82, 2.24) is 9.80 Å². The van der Waals surface area contributed by atoms with E-state index in [2.05, 4.69) is 16.8 Å². The van der Waals surface area contributed by atoms with Gasteiger partial charge >= 0.3 is 0 Å². The monoisotopic (exact) mass is 264 g/mol. The summed E-state index contributed by atoms with van der Waals surface area (Å²) >= 11 is 0. The molecule has 1 N–H and O–H groups in total. The van der Waals surface area contributed by atoms with Gasteiger partial charge in [-0.05, 0) is 38.6 Å². The molecule has 2 rings (SSSR count). The Morgan fingerprint density at radius 1 is 1.21 bits per heavy atom. The molecule has 0 bridgehead atoms. The minimum absolute atomic E-state index is 0.345. The van der Waals surface area contributed by atoms with Crippen molar-refractivity contribution < 1.29 is 9.84 Å². The van der Waals surface area contributed by atoms with E-state index in [0.29, 0.717) is 5.75 Å². The van der Waals surface area contributed by atoms with Gasteiger partial charge in [-0.25, -0.2) is 0 Å². The fourth-order valence-electron chi connectivity index (χ4n) is 2.55. The quantitative estimate of drug-likeness (QED) is 0.876. The first-order chi connectivity index (χ1) is 9.20. The third-order valence-electron chi connectivity index (χ3n) is 3.83. The minimum atomic E-state index is 0.345. The summed E-state index contributed by atoms with van der Waals surface area (Å²) in [7, 11) is 3.82. The van der Waals surface area contributed by atoms with Crippen LogP contribution in [-0.2, 0) is 6.42 Å². The van der Waals surface area contributed by atoms with E-state index >= 15 is 0 Å². The van der Waals surface area contributed by atoms with E-state index in [0.717, 1.165) is 56.9 Å². The molecule has 0 saturated carbocycles. The number of piperazine rings is 1. The summed E-state index contributed by atoms with van der Waals surface area (Å²) < 4.78 is 5.30. The Balaban J connectivity index is 1.82. The van der Waals surface area contributed by atoms with Crippen molar-refractivity contribution in [2.75, 3.05) is 46.9 Å². The van der Waals surface area contributed by atoms with Gasteiger partial charge in [0, 0.05) is 31.7 Å². The van der Waals surface area contributed by atoms with E-state index in [1.165, 1.54) is 0 Å². The maximum Gasteiger partial charge on any atom is 0.125 e. The van der Waals surface area contributed by atoms with Gasteiger partial charge in [-0.3, -0.25) is 0 Å². The Morgan fingerprint density at radius 2 is 1.95 bits per heavy atom. The molecule has 0 aromatic heterocycles. The lowest BCUT2D eigenvalue weighted by Gasteiger charge is -2.32. The van der Waals surface area contributed by atoms with Crippen LogP contribution in [0.1, 0.15) is 12.0 Å². The van der Waals surface area contributed by atoms with Gasteiger partial charge in [0.15, 0.2) is 0 Å². The van der Waals surface area contributed by atoms with Crippen LogP contribution in [0.15, 0.2) is 18.2 Å². The highest BCUT2D eigenvalue weighted by Crippen LogP contribution is 2.28. The van der Waals surface area contributed by atoms with E-state index in [-0.39, 0.29) is 0 Å². The standard InChI is InChI=1S/C15H24N2O2/c1-16-9-11-17(12-10-16)8-4-5-13-14(18)6-3-7-15(13)19-2/h3,6-7,18H,4-5,8-12H2,1-2H3. The number of hydrogen-bond acceptors (Lipinski definition) is 4. The Morgan fingerprint density at radius 3 is 2.63 bits per heavy atom. The summed E-state index contributed by atoms with van der Waals surface area (Å²) in [6, 6.07) is 5.46. The average Bonchev–Trinajstić information content (AvgIpc) is 2.42. The Labute approximate surface area is 115 Å². The number of aromatic hydroxyl groups is 1. The molecule has 0 radical (unpaired) electrons. The highest BCUT2D eigenvalue weighted by molar-refractivity contribution is 5.43. The second-order valence-corrected chi connectivity index (χ2v) is 5.21. The highest BCUT2D eigenvalue weighted by Gasteiger charge is 2.14. The SMILES string of the molecule is COc1cccc(O)c1CCCN1CCN(C)CC1. The van der Waals surface area contributed by atoms with Crippen LogP contribution in [0.3, 0.4) is 0 Å². The second kappa shape index (κ2) is 6.78. The summed E-state index contributed by atoms with van der Waals surface area (Å²) in [5, 5.41) is 9.89. The number of phenols is 1. The number of nitrogens with zero attached hydrogens (tertiary/aromatic N) is 2. The van der Waals surface area contributed by atoms with E-state index in [4.69, 9.17) is 4.74 Å². The molecule has 106 valence electrons. The lowest BCUT2D eigenvalue weighted by molar-refractivity contribution is 0.153. The zero-order valence-corrected chi connectivity index (χ0v) is 11.9. The van der Waals surface area contributed by atoms with Crippen molar-refractivity contribution in [2.45, 2.75) is 12.8 Å². The molecule has 1 saturated heterocycles. The van der Waals surface area contributed by atoms with Crippen molar-refractivity contribution in [1.29, 1.82) is 0 Å². The fraction of sp³-hybridized carbons (Fsp3) is 0.600. The first-order valence-electron chi connectivity index (χ1n) is 6.96. The molecular formula is C15H24N2O2. The predicted molar refractivity (Wildman–Crippen MR) is 76.9 cm³/mol. The number of ether oxygens (including phenoxy) is 1. The number of methoxy groups -OCH3 is 1. The molecule has 1 fully saturated rings. The van der Waals surface area contributed by atoms with Crippen molar-refractivity contribution in [3.63, 3.8) is 0 Å². The van der Waals surface area contributed by atoms with E-state index in [1.54, 1.807) is 13.2 Å². The molecule has 0 spiro atoms. The van der Waals surface area contributed by atoms with Gasteiger partial charge in [0.2, 0.25) is 0 Å². The number of hydrogen-bond donors (Lipinski definition) is 1. The molecule has 0 aliphatic carbocycles. The fourth-order valence-corrected chi connectivity index (χ4v) is 2.55. The molecule has 4 nitrogen and oxygen atoms in total. The topological polar surface area (TPSA) is 35.9 Å². The molecule has 0 amide bonds. The van der Waals surface area contributed by atoms with Crippen LogP contribution in [0, 0.1) is 0 Å². The predicted octanol–water partition coefficient (Wildman–Crippen LogP) is 1.58. The molecule has 1 aromatic rings. The van der Waals surface area contributed by atoms with Crippen molar-refractivity contribution in [3.05, 3.63) is 23.8 Å². The minimum Gasteiger partial charge on any atom is -0.508 e. The molecule has 0 unspecified atom stereocenters. The van der Waals surface area contributed by atoms with E-state index < -0.39 is 0 Å². The number of likely N-dealkylation sites (N-methyl/N-ethyl adjacent to an activating group) is 1. The van der Waals surface area contributed by atoms with Gasteiger partial charge in [-0.1, -0.05) is 6.07 Å². The van der Waals surface area contributed by atoms with Gasteiger partial charge < -0.3 is 19.6 Å². The van der Waals surface area contributed by atoms with Crippen LogP contribution in [0.4, 0.5) is 0 Å². The molecule has 19 heavy (non-hydrogen) atoms. The number of benzene rings is 1. The Bertz CT molecular complexity index is 401. The summed E-state index contributed by atoms with van der Waals surface area (Å²) in [6.07, 6.45) is 1.92. The van der Waals surface area contributed by atoms with E-state index in [1.807, 2.05) is 12.1 Å². The zero-order chi connectivity index (χ0) is 13.7. The first-order valence-corrected chi connectivity index (χ1v) is 6.96. The third-order valence-corrected chi connectivity index (χ3v) is 3.83. The van der Waals surface area contributed by atoms with Gasteiger partial charge in [-0.15, -0.1) is 0 Å². The molecule has 1 aliphatic heterocycles. The molecule has 1 aliphatic rings. The highest BCUT2D eigenvalue weighted by atomic mass is 16.5. The summed E-state index contributed by atoms with van der Waals surface area (Å²) in [4.78, 5) is 4.86. The van der Waals surface area contributed by atoms with Crippen molar-refractivity contribution >= 4 is 0 Å². The molecule has 4 heteroatoms. The molecule has 0 atom stereocenters. The van der Waals surface area contributed by atoms with Crippen molar-refractivity contribution in [2.24, 2.45) is 0 Å². The van der Waals surface area contributed by atoms with Crippen LogP contribution in [-0.4, -0.2) is 61.8 Å². The lowest BCUT2D eigenvalue weighted by Crippen LogP contribution is -2.44. The van der Waals surface area contributed by atoms with Gasteiger partial charge in [0.25, 0.3) is 0 Å². The first kappa shape index (κ1) is 14.2. The second-order valence-electron chi connectivity index (χ2n) is 5.21. The summed E-state index contributed by atoms with van der Waals surface area (Å²) in [5.41, 5.74) is 0.930. The molecular weight excluding hydrogens is 240 g/mol. The largest absolute Gasteiger partial charge is 0.508 e. The van der Waals surface area contributed by atoms with Gasteiger partial charge in [0.05, 0.1) is 7.11 Å². The lowest BCUT2D eigenvalue weighted by atomic mass is 10.1. The van der Waals surface area contributed by atoms with Crippen LogP contribution in [0.25, 0.3) is 0 Å². The van der Waals surface area contributed by atoms with Crippen LogP contribution in [0.5, 0.6) is 11.5 Å². The third kappa shape index (κ3) is 3.85. The average molecular weight is 264 g/mol. The van der Waals surface area contributed by atoms with E-state index in [9.17, 15) is 5.11 Å². The van der Waals surface area contributed by atoms with Gasteiger partial charge in [-0.2, -0.15) is 0 Å². The van der Waals surface area contributed by atoms with Crippen LogP contribution in [0.2, 0.25) is 0 Å². The normalized spacial score (nSPS) is 17.6. The van der Waals surface area contributed by atoms with Crippen LogP contribution < -0.4 is 4.74 Å². The smallest absolute Gasteiger partial charge is 0.125 e. The van der Waals surface area contributed by atoms with Gasteiger partial charge in [0.1, 0.15) is 11.5 Å². The Kier molecular flexibility index (Phi) is 5.05. The van der Waals surface area contributed by atoms with Crippen LogP contribution >= 0.6 is 0 Å². The molecule has 1 heterocycles. The molecule has 1 aromatic carbocycles. The van der Waals surface area contributed by atoms with Crippen molar-refractivity contribution in [3.8, 4) is 11.5 Å². The number of rotatable bonds is 5. The number of phenolic OH excluding ortho intramolecular Hbond substituents is 1. The summed E-state index contributed by atoms with van der Waals surface area (Å²) in [6.45, 7) is 5.69. The summed E-state index contributed by atoms with van der Waals surface area (Å²) in [5.74, 6) is 1.14. The maximum atomic E-state index is 9.89. The Hall–Kier alpha value is -1.26. The maximum absolute atomic E-state index is 9.89.